The fourth-order valence-corrected chi connectivity index (χ4v) is 0.885. The molecule has 0 saturated carbocycles. The van der Waals surface area contributed by atoms with Crippen LogP contribution in [0.4, 0.5) is 0 Å². The Morgan fingerprint density at radius 3 is 2.36 bits per heavy atom. The standard InChI is InChI=1S/C10H22N2O2/c1-7(6-13)12-9(14)5-8(11)10(2,3)4/h7-8,13H,5-6,11H2,1-4H3,(H,12,14). The molecule has 4 heteroatoms. The maximum atomic E-state index is 11.4. The highest BCUT2D eigenvalue weighted by molar-refractivity contribution is 5.76. The number of hydrogen-bond donors (Lipinski definition) is 3. The van der Waals surface area contributed by atoms with Crippen LogP contribution >= 0.6 is 0 Å². The van der Waals surface area contributed by atoms with Crippen molar-refractivity contribution in [3.8, 4) is 0 Å². The minimum Gasteiger partial charge on any atom is -0.394 e. The molecule has 0 saturated heterocycles. The van der Waals surface area contributed by atoms with Crippen LogP contribution in [0.3, 0.4) is 0 Å². The van der Waals surface area contributed by atoms with Gasteiger partial charge in [-0.3, -0.25) is 4.79 Å². The maximum absolute atomic E-state index is 11.4. The molecule has 0 aromatic heterocycles. The Kier molecular flexibility index (Phi) is 5.08. The van der Waals surface area contributed by atoms with Gasteiger partial charge in [-0.15, -0.1) is 0 Å². The second-order valence-corrected chi connectivity index (χ2v) is 4.83. The molecule has 0 spiro atoms. The third-order valence-corrected chi connectivity index (χ3v) is 2.20. The molecule has 84 valence electrons. The number of nitrogens with one attached hydrogen (secondary N) is 1. The van der Waals surface area contributed by atoms with Crippen LogP contribution in [0, 0.1) is 5.41 Å². The van der Waals surface area contributed by atoms with Gasteiger partial charge in [-0.1, -0.05) is 20.8 Å². The average Bonchev–Trinajstić information content (AvgIpc) is 2.02. The Hall–Kier alpha value is -0.610. The van der Waals surface area contributed by atoms with Gasteiger partial charge < -0.3 is 16.2 Å². The Bertz CT molecular complexity index is 187. The van der Waals surface area contributed by atoms with E-state index in [1.165, 1.54) is 0 Å². The zero-order valence-corrected chi connectivity index (χ0v) is 9.50. The van der Waals surface area contributed by atoms with E-state index >= 15 is 0 Å². The summed E-state index contributed by atoms with van der Waals surface area (Å²) in [5.41, 5.74) is 5.78. The first kappa shape index (κ1) is 13.4. The number of aliphatic hydroxyl groups excluding tert-OH is 1. The van der Waals surface area contributed by atoms with Crippen LogP contribution in [0.5, 0.6) is 0 Å². The molecule has 0 aromatic carbocycles. The van der Waals surface area contributed by atoms with Crippen LogP contribution < -0.4 is 11.1 Å². The molecule has 0 fully saturated rings. The van der Waals surface area contributed by atoms with E-state index in [0.29, 0.717) is 6.42 Å². The molecule has 0 aromatic rings. The lowest BCUT2D eigenvalue weighted by Crippen LogP contribution is -2.43. The highest BCUT2D eigenvalue weighted by Crippen LogP contribution is 2.19. The Morgan fingerprint density at radius 2 is 2.00 bits per heavy atom. The fourth-order valence-electron chi connectivity index (χ4n) is 0.885. The van der Waals surface area contributed by atoms with Crippen molar-refractivity contribution in [2.24, 2.45) is 11.1 Å². The van der Waals surface area contributed by atoms with Crippen LogP contribution in [0.1, 0.15) is 34.1 Å². The van der Waals surface area contributed by atoms with Gasteiger partial charge in [-0.25, -0.2) is 0 Å². The number of carbonyl (C=O) groups is 1. The second-order valence-electron chi connectivity index (χ2n) is 4.83. The van der Waals surface area contributed by atoms with Crippen molar-refractivity contribution in [3.05, 3.63) is 0 Å². The summed E-state index contributed by atoms with van der Waals surface area (Å²) in [7, 11) is 0. The van der Waals surface area contributed by atoms with E-state index in [1.807, 2.05) is 20.8 Å². The summed E-state index contributed by atoms with van der Waals surface area (Å²) < 4.78 is 0. The molecule has 2 atom stereocenters. The van der Waals surface area contributed by atoms with E-state index in [0.717, 1.165) is 0 Å². The predicted molar refractivity (Wildman–Crippen MR) is 56.7 cm³/mol. The van der Waals surface area contributed by atoms with E-state index in [1.54, 1.807) is 6.92 Å². The molecule has 1 amide bonds. The quantitative estimate of drug-likeness (QED) is 0.611. The minimum absolute atomic E-state index is 0.0451. The summed E-state index contributed by atoms with van der Waals surface area (Å²) in [6.07, 6.45) is 0.299. The first-order valence-electron chi connectivity index (χ1n) is 4.93. The number of nitrogens with two attached hydrogens (primary N) is 1. The highest BCUT2D eigenvalue weighted by atomic mass is 16.3. The topological polar surface area (TPSA) is 75.3 Å². The lowest BCUT2D eigenvalue weighted by Gasteiger charge is -2.26. The lowest BCUT2D eigenvalue weighted by atomic mass is 9.85. The Morgan fingerprint density at radius 1 is 1.50 bits per heavy atom. The molecular formula is C10H22N2O2. The summed E-state index contributed by atoms with van der Waals surface area (Å²) >= 11 is 0. The van der Waals surface area contributed by atoms with Gasteiger partial charge in [-0.05, 0) is 12.3 Å². The van der Waals surface area contributed by atoms with E-state index in [4.69, 9.17) is 10.8 Å². The van der Waals surface area contributed by atoms with Crippen molar-refractivity contribution < 1.29 is 9.90 Å². The van der Waals surface area contributed by atoms with Crippen LogP contribution in [-0.2, 0) is 4.79 Å². The van der Waals surface area contributed by atoms with Gasteiger partial charge in [0.2, 0.25) is 5.91 Å². The average molecular weight is 202 g/mol. The zero-order valence-electron chi connectivity index (χ0n) is 9.50. The van der Waals surface area contributed by atoms with Gasteiger partial charge in [0, 0.05) is 18.5 Å². The molecule has 0 radical (unpaired) electrons. The van der Waals surface area contributed by atoms with Gasteiger partial charge in [-0.2, -0.15) is 0 Å². The molecule has 0 heterocycles. The van der Waals surface area contributed by atoms with E-state index in [-0.39, 0.29) is 30.0 Å². The Labute approximate surface area is 85.9 Å². The largest absolute Gasteiger partial charge is 0.394 e. The van der Waals surface area contributed by atoms with Crippen molar-refractivity contribution in [2.45, 2.75) is 46.2 Å². The Balaban J connectivity index is 3.95. The number of carbonyl (C=O) groups excluding carboxylic acids is 1. The van der Waals surface area contributed by atoms with Crippen LogP contribution in [-0.4, -0.2) is 29.7 Å². The summed E-state index contributed by atoms with van der Waals surface area (Å²) in [6, 6.07) is -0.358. The van der Waals surface area contributed by atoms with Crippen molar-refractivity contribution in [1.29, 1.82) is 0 Å². The normalized spacial score (nSPS) is 16.1. The highest BCUT2D eigenvalue weighted by Gasteiger charge is 2.23. The van der Waals surface area contributed by atoms with E-state index in [9.17, 15) is 4.79 Å². The number of amides is 1. The molecule has 0 aliphatic rings. The summed E-state index contributed by atoms with van der Waals surface area (Å²) in [6.45, 7) is 7.71. The molecule has 14 heavy (non-hydrogen) atoms. The summed E-state index contributed by atoms with van der Waals surface area (Å²) in [4.78, 5) is 11.4. The van der Waals surface area contributed by atoms with Crippen molar-refractivity contribution in [2.75, 3.05) is 6.61 Å². The van der Waals surface area contributed by atoms with E-state index in [2.05, 4.69) is 5.32 Å². The SMILES string of the molecule is CC(CO)NC(=O)CC(N)C(C)(C)C. The van der Waals surface area contributed by atoms with Crippen molar-refractivity contribution >= 4 is 5.91 Å². The molecule has 0 rings (SSSR count). The molecule has 2 unspecified atom stereocenters. The number of aliphatic hydroxyl groups is 1. The first-order chi connectivity index (χ1) is 6.27. The van der Waals surface area contributed by atoms with Crippen LogP contribution in [0.25, 0.3) is 0 Å². The summed E-state index contributed by atoms with van der Waals surface area (Å²) in [5.74, 6) is -0.103. The van der Waals surface area contributed by atoms with Gasteiger partial charge in [0.15, 0.2) is 0 Å². The maximum Gasteiger partial charge on any atom is 0.221 e. The van der Waals surface area contributed by atoms with Crippen molar-refractivity contribution in [1.82, 2.24) is 5.32 Å². The zero-order chi connectivity index (χ0) is 11.4. The third kappa shape index (κ3) is 5.19. The minimum atomic E-state index is -0.199. The van der Waals surface area contributed by atoms with Crippen LogP contribution in [0.2, 0.25) is 0 Å². The molecular weight excluding hydrogens is 180 g/mol. The first-order valence-corrected chi connectivity index (χ1v) is 4.93. The second kappa shape index (κ2) is 5.32. The van der Waals surface area contributed by atoms with Crippen LogP contribution in [0.15, 0.2) is 0 Å². The lowest BCUT2D eigenvalue weighted by molar-refractivity contribution is -0.122. The molecule has 4 N–H and O–H groups in total. The molecule has 4 nitrogen and oxygen atoms in total. The number of hydrogen-bond acceptors (Lipinski definition) is 3. The fraction of sp³-hybridized carbons (Fsp3) is 0.900. The van der Waals surface area contributed by atoms with Crippen molar-refractivity contribution in [3.63, 3.8) is 0 Å². The van der Waals surface area contributed by atoms with Gasteiger partial charge in [0.05, 0.1) is 6.61 Å². The predicted octanol–water partition coefficient (Wildman–Crippen LogP) is 0.247. The van der Waals surface area contributed by atoms with Gasteiger partial charge in [0.25, 0.3) is 0 Å². The monoisotopic (exact) mass is 202 g/mol. The molecule has 0 bridgehead atoms. The molecule has 0 aliphatic carbocycles. The third-order valence-electron chi connectivity index (χ3n) is 2.20. The van der Waals surface area contributed by atoms with E-state index < -0.39 is 0 Å². The van der Waals surface area contributed by atoms with Gasteiger partial charge >= 0.3 is 0 Å². The smallest absolute Gasteiger partial charge is 0.221 e. The molecule has 0 aliphatic heterocycles. The number of rotatable bonds is 4. The summed E-state index contributed by atoms with van der Waals surface area (Å²) in [5, 5.41) is 11.4. The van der Waals surface area contributed by atoms with Gasteiger partial charge in [0.1, 0.15) is 0 Å².